The summed E-state index contributed by atoms with van der Waals surface area (Å²) >= 11 is 5.86. The van der Waals surface area contributed by atoms with Gasteiger partial charge in [0.25, 0.3) is 0 Å². The van der Waals surface area contributed by atoms with Crippen LogP contribution in [-0.2, 0) is 6.54 Å². The first-order chi connectivity index (χ1) is 8.31. The van der Waals surface area contributed by atoms with Gasteiger partial charge in [0.2, 0.25) is 0 Å². The average Bonchev–Trinajstić information content (AvgIpc) is 3.06. The lowest BCUT2D eigenvalue weighted by Gasteiger charge is -1.99. The van der Waals surface area contributed by atoms with Crippen molar-refractivity contribution in [1.29, 1.82) is 0 Å². The summed E-state index contributed by atoms with van der Waals surface area (Å²) in [6, 6.07) is 12.4. The molecule has 0 spiro atoms. The Hall–Kier alpha value is -0.960. The van der Waals surface area contributed by atoms with Crippen LogP contribution < -0.4 is 17.7 Å². The molecular weight excluding hydrogens is 269 g/mol. The Morgan fingerprint density at radius 1 is 1.11 bits per heavy atom. The Morgan fingerprint density at radius 3 is 2.50 bits per heavy atom. The first kappa shape index (κ1) is 13.5. The van der Waals surface area contributed by atoms with Gasteiger partial charge in [0.15, 0.2) is 0 Å². The largest absolute Gasteiger partial charge is 1.00 e. The molecule has 0 saturated heterocycles. The van der Waals surface area contributed by atoms with Gasteiger partial charge in [-0.05, 0) is 49.2 Å². The number of halogens is 2. The van der Waals surface area contributed by atoms with Gasteiger partial charge in [0, 0.05) is 16.6 Å². The van der Waals surface area contributed by atoms with E-state index >= 15 is 0 Å². The van der Waals surface area contributed by atoms with E-state index in [1.54, 1.807) is 0 Å². The molecule has 3 rings (SSSR count). The van der Waals surface area contributed by atoms with E-state index in [2.05, 4.69) is 5.32 Å². The van der Waals surface area contributed by atoms with E-state index in [0.717, 1.165) is 28.7 Å². The Balaban J connectivity index is 0.00000120. The molecule has 1 aromatic carbocycles. The summed E-state index contributed by atoms with van der Waals surface area (Å²) in [5.41, 5.74) is 1.06. The van der Waals surface area contributed by atoms with Crippen molar-refractivity contribution in [1.82, 2.24) is 5.32 Å². The van der Waals surface area contributed by atoms with Crippen molar-refractivity contribution in [3.8, 4) is 11.3 Å². The summed E-state index contributed by atoms with van der Waals surface area (Å²) in [4.78, 5) is 0. The molecule has 1 saturated carbocycles. The first-order valence-electron chi connectivity index (χ1n) is 5.89. The Labute approximate surface area is 118 Å². The number of benzene rings is 1. The fourth-order valence-electron chi connectivity index (χ4n) is 1.77. The van der Waals surface area contributed by atoms with Crippen molar-refractivity contribution in [2.45, 2.75) is 25.4 Å². The molecule has 1 heterocycles. The Bertz CT molecular complexity index is 503. The summed E-state index contributed by atoms with van der Waals surface area (Å²) in [6.45, 7) is 0.818. The van der Waals surface area contributed by atoms with Crippen LogP contribution in [0.2, 0.25) is 5.02 Å². The minimum absolute atomic E-state index is 0. The highest BCUT2D eigenvalue weighted by Gasteiger charge is 2.20. The fraction of sp³-hybridized carbons (Fsp3) is 0.286. The molecule has 4 heteroatoms. The molecule has 2 aromatic rings. The van der Waals surface area contributed by atoms with Crippen LogP contribution in [0.1, 0.15) is 18.6 Å². The van der Waals surface area contributed by atoms with Crippen LogP contribution in [0.25, 0.3) is 11.3 Å². The molecule has 0 aliphatic heterocycles. The minimum Gasteiger partial charge on any atom is -1.00 e. The van der Waals surface area contributed by atoms with E-state index in [0.29, 0.717) is 6.04 Å². The molecular formula is C14H14Cl2NO-. The molecule has 1 N–H and O–H groups in total. The second-order valence-electron chi connectivity index (χ2n) is 4.43. The van der Waals surface area contributed by atoms with Crippen molar-refractivity contribution in [2.75, 3.05) is 0 Å². The van der Waals surface area contributed by atoms with Gasteiger partial charge in [-0.15, -0.1) is 0 Å². The quantitative estimate of drug-likeness (QED) is 0.900. The van der Waals surface area contributed by atoms with Gasteiger partial charge in [0.1, 0.15) is 11.5 Å². The standard InChI is InChI=1S/C14H14ClNO.ClH/c15-11-3-1-10(2-4-11)14-8-7-13(17-14)9-16-12-5-6-12;/h1-4,7-8,12,16H,5-6,9H2;1H/p-1. The lowest BCUT2D eigenvalue weighted by atomic mass is 10.2. The normalized spacial score (nSPS) is 14.3. The van der Waals surface area contributed by atoms with E-state index in [-0.39, 0.29) is 12.4 Å². The monoisotopic (exact) mass is 282 g/mol. The fourth-order valence-corrected chi connectivity index (χ4v) is 1.90. The molecule has 1 aromatic heterocycles. The summed E-state index contributed by atoms with van der Waals surface area (Å²) in [7, 11) is 0. The van der Waals surface area contributed by atoms with Crippen LogP contribution in [0.3, 0.4) is 0 Å². The summed E-state index contributed by atoms with van der Waals surface area (Å²) in [5, 5.41) is 4.18. The maximum atomic E-state index is 5.86. The lowest BCUT2D eigenvalue weighted by Crippen LogP contribution is -3.00. The van der Waals surface area contributed by atoms with Gasteiger partial charge in [-0.3, -0.25) is 0 Å². The molecule has 0 unspecified atom stereocenters. The van der Waals surface area contributed by atoms with Gasteiger partial charge < -0.3 is 22.1 Å². The van der Waals surface area contributed by atoms with E-state index in [1.165, 1.54) is 12.8 Å². The van der Waals surface area contributed by atoms with Crippen LogP contribution in [0.5, 0.6) is 0 Å². The minimum atomic E-state index is 0. The molecule has 1 aliphatic rings. The number of rotatable bonds is 4. The van der Waals surface area contributed by atoms with Gasteiger partial charge in [-0.2, -0.15) is 0 Å². The summed E-state index contributed by atoms with van der Waals surface area (Å²) in [5.74, 6) is 1.89. The highest BCUT2D eigenvalue weighted by molar-refractivity contribution is 6.30. The second-order valence-corrected chi connectivity index (χ2v) is 4.86. The van der Waals surface area contributed by atoms with Gasteiger partial charge in [0.05, 0.1) is 6.54 Å². The van der Waals surface area contributed by atoms with E-state index in [1.807, 2.05) is 36.4 Å². The number of hydrogen-bond donors (Lipinski definition) is 1. The third kappa shape index (κ3) is 3.29. The SMILES string of the molecule is Clc1ccc(-c2ccc(CNC3CC3)o2)cc1.[Cl-]. The Kier molecular flexibility index (Phi) is 4.33. The zero-order chi connectivity index (χ0) is 11.7. The van der Waals surface area contributed by atoms with E-state index in [4.69, 9.17) is 16.0 Å². The van der Waals surface area contributed by atoms with Gasteiger partial charge in [-0.25, -0.2) is 0 Å². The lowest BCUT2D eigenvalue weighted by molar-refractivity contribution is -0.00000391. The molecule has 0 amide bonds. The zero-order valence-corrected chi connectivity index (χ0v) is 11.3. The number of nitrogens with one attached hydrogen (secondary N) is 1. The van der Waals surface area contributed by atoms with Gasteiger partial charge >= 0.3 is 0 Å². The summed E-state index contributed by atoms with van der Waals surface area (Å²) < 4.78 is 5.78. The third-order valence-corrected chi connectivity index (χ3v) is 3.18. The molecule has 0 radical (unpaired) electrons. The Morgan fingerprint density at radius 2 is 1.83 bits per heavy atom. The van der Waals surface area contributed by atoms with Crippen LogP contribution in [0, 0.1) is 0 Å². The van der Waals surface area contributed by atoms with Crippen molar-refractivity contribution in [2.24, 2.45) is 0 Å². The predicted molar refractivity (Wildman–Crippen MR) is 69.0 cm³/mol. The maximum absolute atomic E-state index is 5.86. The molecule has 0 bridgehead atoms. The van der Waals surface area contributed by atoms with E-state index < -0.39 is 0 Å². The smallest absolute Gasteiger partial charge is 0.134 e. The highest BCUT2D eigenvalue weighted by atomic mass is 35.5. The molecule has 1 aliphatic carbocycles. The van der Waals surface area contributed by atoms with E-state index in [9.17, 15) is 0 Å². The second kappa shape index (κ2) is 5.79. The number of hydrogen-bond acceptors (Lipinski definition) is 2. The molecule has 0 atom stereocenters. The summed E-state index contributed by atoms with van der Waals surface area (Å²) in [6.07, 6.45) is 2.59. The average molecular weight is 283 g/mol. The van der Waals surface area contributed by atoms with Crippen LogP contribution in [-0.4, -0.2) is 6.04 Å². The third-order valence-electron chi connectivity index (χ3n) is 2.93. The van der Waals surface area contributed by atoms with Crippen LogP contribution >= 0.6 is 11.6 Å². The molecule has 96 valence electrons. The first-order valence-corrected chi connectivity index (χ1v) is 6.27. The van der Waals surface area contributed by atoms with Gasteiger partial charge in [-0.1, -0.05) is 11.6 Å². The van der Waals surface area contributed by atoms with Crippen molar-refractivity contribution in [3.05, 3.63) is 47.2 Å². The zero-order valence-electron chi connectivity index (χ0n) is 9.83. The maximum Gasteiger partial charge on any atom is 0.134 e. The highest BCUT2D eigenvalue weighted by Crippen LogP contribution is 2.24. The van der Waals surface area contributed by atoms with Crippen molar-refractivity contribution >= 4 is 11.6 Å². The molecule has 18 heavy (non-hydrogen) atoms. The predicted octanol–water partition coefficient (Wildman–Crippen LogP) is 0.856. The number of furan rings is 1. The van der Waals surface area contributed by atoms with Crippen molar-refractivity contribution in [3.63, 3.8) is 0 Å². The molecule has 2 nitrogen and oxygen atoms in total. The van der Waals surface area contributed by atoms with Crippen molar-refractivity contribution < 1.29 is 16.8 Å². The topological polar surface area (TPSA) is 25.2 Å². The van der Waals surface area contributed by atoms with Crippen LogP contribution in [0.15, 0.2) is 40.8 Å². The van der Waals surface area contributed by atoms with Crippen LogP contribution in [0.4, 0.5) is 0 Å². The molecule has 1 fully saturated rings.